The van der Waals surface area contributed by atoms with Crippen LogP contribution in [-0.4, -0.2) is 5.78 Å². The average Bonchev–Trinajstić information content (AvgIpc) is 2.81. The standard InChI is InChI=1S/C30H25NO/c1-19-8-12-22(13-9-19)18-23-14-17-27(31-24-15-10-20(2)11-16-24)29-28(23)21(3)25-6-4-5-7-26(25)30(29)32/h4-17,31H,3,18H2,1-2H3. The number of nitrogens with one attached hydrogen (secondary N) is 1. The lowest BCUT2D eigenvalue weighted by atomic mass is 9.78. The van der Waals surface area contributed by atoms with E-state index in [4.69, 9.17) is 0 Å². The third-order valence-corrected chi connectivity index (χ3v) is 6.16. The first-order chi connectivity index (χ1) is 15.5. The van der Waals surface area contributed by atoms with Crippen LogP contribution in [0.3, 0.4) is 0 Å². The zero-order valence-corrected chi connectivity index (χ0v) is 18.4. The molecule has 1 aliphatic rings. The SMILES string of the molecule is C=C1c2ccccc2C(=O)c2c(Nc3ccc(C)cc3)ccc(Cc3ccc(C)cc3)c21. The largest absolute Gasteiger partial charge is 0.355 e. The van der Waals surface area contributed by atoms with Crippen LogP contribution < -0.4 is 5.32 Å². The summed E-state index contributed by atoms with van der Waals surface area (Å²) < 4.78 is 0. The van der Waals surface area contributed by atoms with E-state index >= 15 is 0 Å². The van der Waals surface area contributed by atoms with Gasteiger partial charge < -0.3 is 5.32 Å². The predicted molar refractivity (Wildman–Crippen MR) is 133 cm³/mol. The molecule has 0 atom stereocenters. The molecule has 5 rings (SSSR count). The summed E-state index contributed by atoms with van der Waals surface area (Å²) in [4.78, 5) is 13.7. The molecule has 0 saturated heterocycles. The molecule has 0 bridgehead atoms. The number of ketones is 1. The van der Waals surface area contributed by atoms with Crippen molar-refractivity contribution in [3.05, 3.63) is 136 Å². The minimum absolute atomic E-state index is 0.0448. The molecule has 156 valence electrons. The summed E-state index contributed by atoms with van der Waals surface area (Å²) in [5.74, 6) is 0.0448. The van der Waals surface area contributed by atoms with Crippen molar-refractivity contribution in [2.45, 2.75) is 20.3 Å². The van der Waals surface area contributed by atoms with E-state index in [1.54, 1.807) is 0 Å². The molecule has 0 radical (unpaired) electrons. The Bertz CT molecular complexity index is 1240. The van der Waals surface area contributed by atoms with Crippen LogP contribution in [0.15, 0.2) is 91.5 Å². The fourth-order valence-electron chi connectivity index (χ4n) is 4.41. The molecule has 1 N–H and O–H groups in total. The number of carbonyl (C=O) groups excluding carboxylic acids is 1. The van der Waals surface area contributed by atoms with Gasteiger partial charge in [-0.15, -0.1) is 0 Å². The summed E-state index contributed by atoms with van der Waals surface area (Å²) in [7, 11) is 0. The lowest BCUT2D eigenvalue weighted by Gasteiger charge is -2.26. The highest BCUT2D eigenvalue weighted by Gasteiger charge is 2.30. The van der Waals surface area contributed by atoms with Crippen molar-refractivity contribution in [1.82, 2.24) is 0 Å². The minimum Gasteiger partial charge on any atom is -0.355 e. The third-order valence-electron chi connectivity index (χ3n) is 6.16. The first-order valence-electron chi connectivity index (χ1n) is 10.9. The van der Waals surface area contributed by atoms with Crippen LogP contribution in [-0.2, 0) is 6.42 Å². The highest BCUT2D eigenvalue weighted by atomic mass is 16.1. The lowest BCUT2D eigenvalue weighted by Crippen LogP contribution is -2.18. The molecule has 32 heavy (non-hydrogen) atoms. The molecule has 0 amide bonds. The summed E-state index contributed by atoms with van der Waals surface area (Å²) in [5, 5.41) is 3.48. The second-order valence-electron chi connectivity index (χ2n) is 8.53. The van der Waals surface area contributed by atoms with Gasteiger partial charge in [0.15, 0.2) is 5.78 Å². The van der Waals surface area contributed by atoms with Crippen molar-refractivity contribution in [2.24, 2.45) is 0 Å². The van der Waals surface area contributed by atoms with Crippen LogP contribution in [0, 0.1) is 13.8 Å². The highest BCUT2D eigenvalue weighted by molar-refractivity contribution is 6.21. The molecule has 2 nitrogen and oxygen atoms in total. The molecule has 0 heterocycles. The topological polar surface area (TPSA) is 29.1 Å². The molecule has 0 aliphatic heterocycles. The van der Waals surface area contributed by atoms with E-state index in [1.807, 2.05) is 42.5 Å². The highest BCUT2D eigenvalue weighted by Crippen LogP contribution is 2.41. The third kappa shape index (κ3) is 3.54. The van der Waals surface area contributed by atoms with Crippen molar-refractivity contribution in [3.8, 4) is 0 Å². The number of anilines is 2. The normalized spacial score (nSPS) is 12.3. The van der Waals surface area contributed by atoms with Gasteiger partial charge in [0, 0.05) is 11.3 Å². The van der Waals surface area contributed by atoms with E-state index in [9.17, 15) is 4.79 Å². The fourth-order valence-corrected chi connectivity index (χ4v) is 4.41. The van der Waals surface area contributed by atoms with Crippen LogP contribution in [0.25, 0.3) is 5.57 Å². The molecular formula is C30H25NO. The van der Waals surface area contributed by atoms with E-state index in [-0.39, 0.29) is 5.78 Å². The molecular weight excluding hydrogens is 390 g/mol. The molecule has 2 heteroatoms. The number of aryl methyl sites for hydroxylation is 2. The zero-order chi connectivity index (χ0) is 22.2. The second kappa shape index (κ2) is 7.97. The smallest absolute Gasteiger partial charge is 0.196 e. The van der Waals surface area contributed by atoms with Gasteiger partial charge >= 0.3 is 0 Å². The van der Waals surface area contributed by atoms with Gasteiger partial charge in [0.1, 0.15) is 0 Å². The summed E-state index contributed by atoms with van der Waals surface area (Å²) >= 11 is 0. The van der Waals surface area contributed by atoms with E-state index in [2.05, 4.69) is 68.2 Å². The number of carbonyl (C=O) groups is 1. The van der Waals surface area contributed by atoms with Gasteiger partial charge in [0.2, 0.25) is 0 Å². The van der Waals surface area contributed by atoms with E-state index in [0.717, 1.165) is 40.1 Å². The van der Waals surface area contributed by atoms with Crippen LogP contribution in [0.2, 0.25) is 0 Å². The Labute approximate surface area is 189 Å². The predicted octanol–water partition coefficient (Wildman–Crippen LogP) is 7.24. The summed E-state index contributed by atoms with van der Waals surface area (Å²) in [6, 6.07) is 28.7. The van der Waals surface area contributed by atoms with Crippen molar-refractivity contribution < 1.29 is 4.79 Å². The van der Waals surface area contributed by atoms with Gasteiger partial charge in [0.25, 0.3) is 0 Å². The van der Waals surface area contributed by atoms with Crippen LogP contribution in [0.4, 0.5) is 11.4 Å². The molecule has 4 aromatic rings. The maximum atomic E-state index is 13.7. The Morgan fingerprint density at radius 2 is 1.34 bits per heavy atom. The Morgan fingerprint density at radius 3 is 2.03 bits per heavy atom. The monoisotopic (exact) mass is 415 g/mol. The Morgan fingerprint density at radius 1 is 0.719 bits per heavy atom. The Kier molecular flexibility index (Phi) is 4.99. The second-order valence-corrected chi connectivity index (χ2v) is 8.53. The maximum absolute atomic E-state index is 13.7. The maximum Gasteiger partial charge on any atom is 0.196 e. The van der Waals surface area contributed by atoms with Gasteiger partial charge in [-0.2, -0.15) is 0 Å². The summed E-state index contributed by atoms with van der Waals surface area (Å²) in [5.41, 5.74) is 10.7. The number of rotatable bonds is 4. The number of fused-ring (bicyclic) bond motifs is 2. The van der Waals surface area contributed by atoms with Gasteiger partial charge in [0.05, 0.1) is 11.3 Å². The average molecular weight is 416 g/mol. The van der Waals surface area contributed by atoms with Gasteiger partial charge in [-0.25, -0.2) is 0 Å². The number of hydrogen-bond acceptors (Lipinski definition) is 2. The van der Waals surface area contributed by atoms with E-state index in [1.165, 1.54) is 16.7 Å². The molecule has 1 aliphatic carbocycles. The Balaban J connectivity index is 1.65. The van der Waals surface area contributed by atoms with E-state index in [0.29, 0.717) is 11.1 Å². The van der Waals surface area contributed by atoms with Crippen molar-refractivity contribution >= 4 is 22.7 Å². The van der Waals surface area contributed by atoms with E-state index < -0.39 is 0 Å². The van der Waals surface area contributed by atoms with Crippen LogP contribution >= 0.6 is 0 Å². The van der Waals surface area contributed by atoms with Crippen molar-refractivity contribution in [3.63, 3.8) is 0 Å². The first kappa shape index (κ1) is 20.0. The molecule has 4 aromatic carbocycles. The molecule has 0 fully saturated rings. The number of hydrogen-bond donors (Lipinski definition) is 1. The van der Waals surface area contributed by atoms with Crippen molar-refractivity contribution in [1.29, 1.82) is 0 Å². The van der Waals surface area contributed by atoms with Gasteiger partial charge in [-0.1, -0.05) is 84.4 Å². The molecule has 0 saturated carbocycles. The quantitative estimate of drug-likeness (QED) is 0.335. The van der Waals surface area contributed by atoms with Gasteiger partial charge in [-0.05, 0) is 66.3 Å². The molecule has 0 aromatic heterocycles. The fraction of sp³-hybridized carbons (Fsp3) is 0.100. The summed E-state index contributed by atoms with van der Waals surface area (Å²) in [6.45, 7) is 8.58. The van der Waals surface area contributed by atoms with Gasteiger partial charge in [-0.3, -0.25) is 4.79 Å². The summed E-state index contributed by atoms with van der Waals surface area (Å²) in [6.07, 6.45) is 0.752. The number of benzene rings is 4. The zero-order valence-electron chi connectivity index (χ0n) is 18.4. The van der Waals surface area contributed by atoms with Crippen molar-refractivity contribution in [2.75, 3.05) is 5.32 Å². The lowest BCUT2D eigenvalue weighted by molar-refractivity contribution is 0.103. The van der Waals surface area contributed by atoms with Crippen LogP contribution in [0.5, 0.6) is 0 Å². The van der Waals surface area contributed by atoms with Crippen LogP contribution in [0.1, 0.15) is 49.3 Å². The minimum atomic E-state index is 0.0448. The molecule has 0 spiro atoms. The molecule has 0 unspecified atom stereocenters. The first-order valence-corrected chi connectivity index (χ1v) is 10.9. The Hall–Kier alpha value is -3.91.